The SMILES string of the molecule is CCNC(=O)c1cccc(NC(=O)CN(Cc2ccc(C)s2)C(C)C)c1. The predicted molar refractivity (Wildman–Crippen MR) is 108 cm³/mol. The molecule has 140 valence electrons. The number of carbonyl (C=O) groups excluding carboxylic acids is 2. The van der Waals surface area contributed by atoms with E-state index in [-0.39, 0.29) is 17.9 Å². The molecule has 0 unspecified atom stereocenters. The summed E-state index contributed by atoms with van der Waals surface area (Å²) in [7, 11) is 0. The van der Waals surface area contributed by atoms with Crippen LogP contribution in [0.2, 0.25) is 0 Å². The third-order valence-electron chi connectivity index (χ3n) is 3.98. The van der Waals surface area contributed by atoms with E-state index in [4.69, 9.17) is 0 Å². The third-order valence-corrected chi connectivity index (χ3v) is 4.96. The minimum Gasteiger partial charge on any atom is -0.352 e. The largest absolute Gasteiger partial charge is 0.352 e. The van der Waals surface area contributed by atoms with Gasteiger partial charge in [-0.05, 0) is 58.0 Å². The summed E-state index contributed by atoms with van der Waals surface area (Å²) in [6.45, 7) is 9.76. The van der Waals surface area contributed by atoms with Gasteiger partial charge in [0.05, 0.1) is 6.54 Å². The highest BCUT2D eigenvalue weighted by atomic mass is 32.1. The first-order chi connectivity index (χ1) is 12.4. The number of hydrogen-bond donors (Lipinski definition) is 2. The molecule has 0 bridgehead atoms. The van der Waals surface area contributed by atoms with Crippen LogP contribution in [0.3, 0.4) is 0 Å². The van der Waals surface area contributed by atoms with Crippen LogP contribution >= 0.6 is 11.3 Å². The van der Waals surface area contributed by atoms with Crippen LogP contribution in [0, 0.1) is 6.92 Å². The number of anilines is 1. The Labute approximate surface area is 159 Å². The molecular formula is C20H27N3O2S. The number of amides is 2. The van der Waals surface area contributed by atoms with Gasteiger partial charge in [0, 0.05) is 40.1 Å². The maximum Gasteiger partial charge on any atom is 0.251 e. The number of hydrogen-bond acceptors (Lipinski definition) is 4. The summed E-state index contributed by atoms with van der Waals surface area (Å²) in [5, 5.41) is 5.66. The van der Waals surface area contributed by atoms with E-state index < -0.39 is 0 Å². The monoisotopic (exact) mass is 373 g/mol. The molecule has 2 N–H and O–H groups in total. The van der Waals surface area contributed by atoms with Crippen molar-refractivity contribution in [2.24, 2.45) is 0 Å². The Morgan fingerprint density at radius 2 is 1.96 bits per heavy atom. The smallest absolute Gasteiger partial charge is 0.251 e. The zero-order valence-corrected chi connectivity index (χ0v) is 16.7. The summed E-state index contributed by atoms with van der Waals surface area (Å²) in [4.78, 5) is 29.1. The molecule has 0 atom stereocenters. The van der Waals surface area contributed by atoms with Gasteiger partial charge in [0.25, 0.3) is 5.91 Å². The molecule has 2 amide bonds. The van der Waals surface area contributed by atoms with E-state index in [1.807, 2.05) is 6.92 Å². The molecule has 6 heteroatoms. The van der Waals surface area contributed by atoms with Crippen molar-refractivity contribution in [1.82, 2.24) is 10.2 Å². The van der Waals surface area contributed by atoms with Crippen molar-refractivity contribution in [1.29, 1.82) is 0 Å². The summed E-state index contributed by atoms with van der Waals surface area (Å²) in [5.41, 5.74) is 1.17. The van der Waals surface area contributed by atoms with Gasteiger partial charge < -0.3 is 10.6 Å². The molecule has 0 radical (unpaired) electrons. The molecule has 0 aliphatic rings. The van der Waals surface area contributed by atoms with E-state index >= 15 is 0 Å². The standard InChI is InChI=1S/C20H27N3O2S/c1-5-21-20(25)16-7-6-8-17(11-16)22-19(24)13-23(14(2)3)12-18-10-9-15(4)26-18/h6-11,14H,5,12-13H2,1-4H3,(H,21,25)(H,22,24). The Hall–Kier alpha value is -2.18. The van der Waals surface area contributed by atoms with Gasteiger partial charge >= 0.3 is 0 Å². The van der Waals surface area contributed by atoms with Gasteiger partial charge in [-0.15, -0.1) is 11.3 Å². The van der Waals surface area contributed by atoms with E-state index in [0.29, 0.717) is 24.3 Å². The third kappa shape index (κ3) is 5.97. The molecule has 0 aliphatic heterocycles. The number of nitrogens with one attached hydrogen (secondary N) is 2. The summed E-state index contributed by atoms with van der Waals surface area (Å²) in [5.74, 6) is -0.222. The highest BCUT2D eigenvalue weighted by Gasteiger charge is 2.16. The molecule has 1 aromatic heterocycles. The Bertz CT molecular complexity index is 755. The quantitative estimate of drug-likeness (QED) is 0.742. The maximum atomic E-state index is 12.5. The first kappa shape index (κ1) is 20.1. The van der Waals surface area contributed by atoms with Crippen LogP contribution < -0.4 is 10.6 Å². The molecule has 5 nitrogen and oxygen atoms in total. The van der Waals surface area contributed by atoms with E-state index in [0.717, 1.165) is 6.54 Å². The van der Waals surface area contributed by atoms with Gasteiger partial charge in [-0.1, -0.05) is 6.07 Å². The number of rotatable bonds is 8. The Balaban J connectivity index is 1.99. The molecule has 0 saturated heterocycles. The second kappa shape index (κ2) is 9.50. The molecule has 0 fully saturated rings. The second-order valence-electron chi connectivity index (χ2n) is 6.50. The lowest BCUT2D eigenvalue weighted by Crippen LogP contribution is -2.37. The van der Waals surface area contributed by atoms with Crippen molar-refractivity contribution in [2.75, 3.05) is 18.4 Å². The van der Waals surface area contributed by atoms with Crippen LogP contribution in [-0.4, -0.2) is 35.8 Å². The predicted octanol–water partition coefficient (Wildman–Crippen LogP) is 3.66. The maximum absolute atomic E-state index is 12.5. The summed E-state index contributed by atoms with van der Waals surface area (Å²) in [6, 6.07) is 11.5. The molecule has 0 aliphatic carbocycles. The van der Waals surface area contributed by atoms with Gasteiger partial charge in [-0.3, -0.25) is 14.5 Å². The van der Waals surface area contributed by atoms with Crippen LogP contribution in [0.4, 0.5) is 5.69 Å². The molecule has 1 heterocycles. The fraction of sp³-hybridized carbons (Fsp3) is 0.400. The first-order valence-corrected chi connectivity index (χ1v) is 9.68. The van der Waals surface area contributed by atoms with Crippen LogP contribution in [0.15, 0.2) is 36.4 Å². The molecule has 2 rings (SSSR count). The molecule has 0 saturated carbocycles. The Kier molecular flexibility index (Phi) is 7.36. The number of carbonyl (C=O) groups is 2. The van der Waals surface area contributed by atoms with Crippen molar-refractivity contribution >= 4 is 28.8 Å². The molecule has 26 heavy (non-hydrogen) atoms. The van der Waals surface area contributed by atoms with Crippen molar-refractivity contribution < 1.29 is 9.59 Å². The minimum atomic E-state index is -0.138. The number of thiophene rings is 1. The fourth-order valence-electron chi connectivity index (χ4n) is 2.58. The van der Waals surface area contributed by atoms with E-state index in [2.05, 4.69) is 48.4 Å². The van der Waals surface area contributed by atoms with Gasteiger partial charge in [-0.25, -0.2) is 0 Å². The molecular weight excluding hydrogens is 346 g/mol. The Morgan fingerprint density at radius 3 is 2.58 bits per heavy atom. The average molecular weight is 374 g/mol. The molecule has 2 aromatic rings. The van der Waals surface area contributed by atoms with Gasteiger partial charge in [-0.2, -0.15) is 0 Å². The number of aryl methyl sites for hydroxylation is 1. The van der Waals surface area contributed by atoms with Crippen molar-refractivity contribution in [3.63, 3.8) is 0 Å². The van der Waals surface area contributed by atoms with Crippen LogP contribution in [0.5, 0.6) is 0 Å². The van der Waals surface area contributed by atoms with Gasteiger partial charge in [0.2, 0.25) is 5.91 Å². The zero-order chi connectivity index (χ0) is 19.1. The molecule has 0 spiro atoms. The minimum absolute atomic E-state index is 0.0833. The second-order valence-corrected chi connectivity index (χ2v) is 7.87. The molecule has 1 aromatic carbocycles. The zero-order valence-electron chi connectivity index (χ0n) is 15.8. The summed E-state index contributed by atoms with van der Waals surface area (Å²) >= 11 is 1.76. The van der Waals surface area contributed by atoms with E-state index in [1.165, 1.54) is 9.75 Å². The van der Waals surface area contributed by atoms with E-state index in [9.17, 15) is 9.59 Å². The number of benzene rings is 1. The highest BCUT2D eigenvalue weighted by molar-refractivity contribution is 7.11. The van der Waals surface area contributed by atoms with Crippen LogP contribution in [0.1, 0.15) is 40.9 Å². The lowest BCUT2D eigenvalue weighted by Gasteiger charge is -2.25. The fourth-order valence-corrected chi connectivity index (χ4v) is 3.49. The van der Waals surface area contributed by atoms with Gasteiger partial charge in [0.15, 0.2) is 0 Å². The van der Waals surface area contributed by atoms with Gasteiger partial charge in [0.1, 0.15) is 0 Å². The summed E-state index contributed by atoms with van der Waals surface area (Å²) in [6.07, 6.45) is 0. The first-order valence-electron chi connectivity index (χ1n) is 8.86. The van der Waals surface area contributed by atoms with Crippen LogP contribution in [0.25, 0.3) is 0 Å². The van der Waals surface area contributed by atoms with Crippen molar-refractivity contribution in [3.05, 3.63) is 51.7 Å². The lowest BCUT2D eigenvalue weighted by molar-refractivity contribution is -0.117. The van der Waals surface area contributed by atoms with Crippen molar-refractivity contribution in [2.45, 2.75) is 40.3 Å². The van der Waals surface area contributed by atoms with Crippen molar-refractivity contribution in [3.8, 4) is 0 Å². The van der Waals surface area contributed by atoms with Crippen LogP contribution in [-0.2, 0) is 11.3 Å². The van der Waals surface area contributed by atoms with E-state index in [1.54, 1.807) is 35.6 Å². The normalized spacial score (nSPS) is 11.0. The topological polar surface area (TPSA) is 61.4 Å². The summed E-state index contributed by atoms with van der Waals surface area (Å²) < 4.78 is 0. The number of nitrogens with zero attached hydrogens (tertiary/aromatic N) is 1. The Morgan fingerprint density at radius 1 is 1.19 bits per heavy atom. The lowest BCUT2D eigenvalue weighted by atomic mass is 10.2. The average Bonchev–Trinajstić information content (AvgIpc) is 2.99. The highest BCUT2D eigenvalue weighted by Crippen LogP contribution is 2.18.